The van der Waals surface area contributed by atoms with Crippen molar-refractivity contribution in [2.24, 2.45) is 0 Å². The number of esters is 2. The molecule has 0 aliphatic rings. The van der Waals surface area contributed by atoms with Crippen LogP contribution in [-0.4, -0.2) is 41.8 Å². The average Bonchev–Trinajstić information content (AvgIpc) is 3.41. The predicted octanol–water partition coefficient (Wildman–Crippen LogP) is 3.70. The minimum Gasteiger partial charge on any atom is -0.389 e. The summed E-state index contributed by atoms with van der Waals surface area (Å²) < 4.78 is 11.9. The van der Waals surface area contributed by atoms with E-state index in [9.17, 15) is 9.59 Å². The van der Waals surface area contributed by atoms with Crippen LogP contribution >= 0.6 is 31.9 Å². The lowest BCUT2D eigenvalue weighted by Crippen LogP contribution is -2.09. The van der Waals surface area contributed by atoms with Crippen LogP contribution in [-0.2, 0) is 22.4 Å². The predicted molar refractivity (Wildman–Crippen MR) is 127 cm³/mol. The molecule has 4 heterocycles. The lowest BCUT2D eigenvalue weighted by molar-refractivity contribution is -0.132. The Balaban J connectivity index is 1.26. The van der Waals surface area contributed by atoms with Crippen LogP contribution < -0.4 is 9.47 Å². The van der Waals surface area contributed by atoms with Gasteiger partial charge in [-0.3, -0.25) is 9.97 Å². The molecule has 34 heavy (non-hydrogen) atoms. The molecule has 0 spiro atoms. The lowest BCUT2D eigenvalue weighted by Gasteiger charge is -1.98. The molecule has 4 rings (SSSR count). The Morgan fingerprint density at radius 3 is 1.62 bits per heavy atom. The molecule has 172 valence electrons. The van der Waals surface area contributed by atoms with Gasteiger partial charge >= 0.3 is 24.0 Å². The first-order valence-electron chi connectivity index (χ1n) is 9.82. The summed E-state index contributed by atoms with van der Waals surface area (Å²) in [6.07, 6.45) is 13.0. The Morgan fingerprint density at radius 1 is 0.765 bits per heavy atom. The molecule has 0 aromatic carbocycles. The number of pyridine rings is 2. The Morgan fingerprint density at radius 2 is 1.21 bits per heavy atom. The highest BCUT2D eigenvalue weighted by atomic mass is 79.9. The van der Waals surface area contributed by atoms with Crippen molar-refractivity contribution >= 4 is 43.8 Å². The van der Waals surface area contributed by atoms with Crippen LogP contribution in [0, 0.1) is 0 Å². The van der Waals surface area contributed by atoms with Crippen molar-refractivity contribution in [3.8, 4) is 12.0 Å². The van der Waals surface area contributed by atoms with Crippen LogP contribution in [0.15, 0.2) is 70.4 Å². The number of halogens is 2. The van der Waals surface area contributed by atoms with Crippen molar-refractivity contribution in [2.75, 3.05) is 0 Å². The van der Waals surface area contributed by atoms with Crippen molar-refractivity contribution in [3.63, 3.8) is 0 Å². The summed E-state index contributed by atoms with van der Waals surface area (Å²) in [5.74, 6) is -1.58. The first-order chi connectivity index (χ1) is 16.4. The summed E-state index contributed by atoms with van der Waals surface area (Å²) >= 11 is 6.73. The zero-order valence-electron chi connectivity index (χ0n) is 17.4. The quantitative estimate of drug-likeness (QED) is 0.235. The van der Waals surface area contributed by atoms with Gasteiger partial charge in [-0.1, -0.05) is 0 Å². The van der Waals surface area contributed by atoms with E-state index in [0.29, 0.717) is 24.2 Å². The molecule has 4 aromatic rings. The maximum absolute atomic E-state index is 12.0. The van der Waals surface area contributed by atoms with E-state index in [2.05, 4.69) is 61.8 Å². The molecule has 10 nitrogen and oxygen atoms in total. The lowest BCUT2D eigenvalue weighted by atomic mass is 10.2. The van der Waals surface area contributed by atoms with Crippen molar-refractivity contribution < 1.29 is 19.1 Å². The molecule has 0 amide bonds. The third kappa shape index (κ3) is 6.93. The van der Waals surface area contributed by atoms with E-state index >= 15 is 0 Å². The number of aromatic amines is 2. The van der Waals surface area contributed by atoms with Gasteiger partial charge in [0.2, 0.25) is 0 Å². The molecule has 4 aromatic heterocycles. The summed E-state index contributed by atoms with van der Waals surface area (Å²) in [6, 6.07) is 3.86. The van der Waals surface area contributed by atoms with Crippen molar-refractivity contribution in [2.45, 2.75) is 12.8 Å². The molecule has 0 aliphatic heterocycles. The molecular formula is C22H16Br2N6O4. The molecule has 2 N–H and O–H groups in total. The second-order valence-electron chi connectivity index (χ2n) is 6.95. The van der Waals surface area contributed by atoms with E-state index in [1.165, 1.54) is 0 Å². The summed E-state index contributed by atoms with van der Waals surface area (Å²) in [6.45, 7) is 0. The van der Waals surface area contributed by atoms with Gasteiger partial charge in [-0.05, 0) is 55.1 Å². The van der Waals surface area contributed by atoms with Gasteiger partial charge in [0.05, 0.1) is 11.4 Å². The van der Waals surface area contributed by atoms with Crippen LogP contribution in [0.4, 0.5) is 0 Å². The van der Waals surface area contributed by atoms with E-state index in [1.54, 1.807) is 37.2 Å². The van der Waals surface area contributed by atoms with E-state index < -0.39 is 11.9 Å². The molecule has 0 unspecified atom stereocenters. The average molecular weight is 588 g/mol. The molecule has 0 atom stereocenters. The van der Waals surface area contributed by atoms with Crippen LogP contribution in [0.3, 0.4) is 0 Å². The van der Waals surface area contributed by atoms with Gasteiger partial charge < -0.3 is 19.4 Å². The summed E-state index contributed by atoms with van der Waals surface area (Å²) in [5.41, 5.74) is 3.21. The topological polar surface area (TPSA) is 136 Å². The summed E-state index contributed by atoms with van der Waals surface area (Å²) in [4.78, 5) is 46.1. The SMILES string of the molecule is O=C(/C=C/C(=O)Oc1nc(Cc2cncc(Br)c2)c[nH]1)Oc1nc(Cc2cncc(Br)c2)c[nH]1. The molecular weight excluding hydrogens is 572 g/mol. The largest absolute Gasteiger partial charge is 0.389 e. The molecule has 0 bridgehead atoms. The van der Waals surface area contributed by atoms with Gasteiger partial charge in [0.15, 0.2) is 0 Å². The number of rotatable bonds is 8. The third-order valence-corrected chi connectivity index (χ3v) is 5.13. The fourth-order valence-corrected chi connectivity index (χ4v) is 3.71. The normalized spacial score (nSPS) is 11.0. The Hall–Kier alpha value is -3.64. The fraction of sp³-hybridized carbons (Fsp3) is 0.0909. The smallest absolute Gasteiger partial charge is 0.338 e. The maximum atomic E-state index is 12.0. The highest BCUT2D eigenvalue weighted by Gasteiger charge is 2.10. The fourth-order valence-electron chi connectivity index (χ4n) is 2.88. The Bertz CT molecular complexity index is 1250. The number of carbonyl (C=O) groups is 2. The van der Waals surface area contributed by atoms with Gasteiger partial charge in [0, 0.05) is 71.1 Å². The maximum Gasteiger partial charge on any atom is 0.338 e. The van der Waals surface area contributed by atoms with Gasteiger partial charge in [0.1, 0.15) is 0 Å². The number of imidazole rings is 2. The number of hydrogen-bond acceptors (Lipinski definition) is 8. The molecule has 0 saturated heterocycles. The highest BCUT2D eigenvalue weighted by molar-refractivity contribution is 9.10. The standard InChI is InChI=1S/C22H16Br2N6O4/c23-15-3-13(7-25-9-15)5-17-11-27-21(29-17)33-19(31)1-2-20(32)34-22-28-12-18(30-22)6-14-4-16(24)10-26-8-14/h1-4,7-12H,5-6H2,(H,27,29)(H,28,30)/b2-1+. The number of ether oxygens (including phenoxy) is 2. The monoisotopic (exact) mass is 586 g/mol. The van der Waals surface area contributed by atoms with Crippen LogP contribution in [0.25, 0.3) is 0 Å². The number of nitrogens with zero attached hydrogens (tertiary/aromatic N) is 4. The Labute approximate surface area is 210 Å². The highest BCUT2D eigenvalue weighted by Crippen LogP contribution is 2.16. The van der Waals surface area contributed by atoms with Crippen molar-refractivity contribution in [1.29, 1.82) is 0 Å². The van der Waals surface area contributed by atoms with E-state index in [-0.39, 0.29) is 12.0 Å². The van der Waals surface area contributed by atoms with E-state index in [0.717, 1.165) is 32.2 Å². The van der Waals surface area contributed by atoms with E-state index in [1.807, 2.05) is 12.1 Å². The molecule has 0 saturated carbocycles. The first-order valence-corrected chi connectivity index (χ1v) is 11.4. The zero-order chi connectivity index (χ0) is 23.9. The minimum absolute atomic E-state index is 0.0127. The number of aromatic nitrogens is 6. The first kappa shape index (κ1) is 23.5. The van der Waals surface area contributed by atoms with Gasteiger partial charge in [-0.15, -0.1) is 0 Å². The van der Waals surface area contributed by atoms with Crippen LogP contribution in [0.2, 0.25) is 0 Å². The summed E-state index contributed by atoms with van der Waals surface area (Å²) in [5, 5.41) is 0. The number of nitrogens with one attached hydrogen (secondary N) is 2. The number of carbonyl (C=O) groups excluding carboxylic acids is 2. The van der Waals surface area contributed by atoms with Crippen LogP contribution in [0.1, 0.15) is 22.5 Å². The minimum atomic E-state index is -0.788. The molecule has 0 fully saturated rings. The third-order valence-electron chi connectivity index (χ3n) is 4.26. The summed E-state index contributed by atoms with van der Waals surface area (Å²) in [7, 11) is 0. The Kier molecular flexibility index (Phi) is 7.60. The van der Waals surface area contributed by atoms with Crippen molar-refractivity contribution in [3.05, 3.63) is 92.9 Å². The van der Waals surface area contributed by atoms with Crippen molar-refractivity contribution in [1.82, 2.24) is 29.9 Å². The van der Waals surface area contributed by atoms with Crippen LogP contribution in [0.5, 0.6) is 12.0 Å². The van der Waals surface area contributed by atoms with Gasteiger partial charge in [0.25, 0.3) is 0 Å². The van der Waals surface area contributed by atoms with Gasteiger partial charge in [-0.25, -0.2) is 9.59 Å². The molecule has 0 radical (unpaired) electrons. The number of H-pyrrole nitrogens is 2. The number of hydrogen-bond donors (Lipinski definition) is 2. The second kappa shape index (κ2) is 11.0. The molecule has 12 heteroatoms. The van der Waals surface area contributed by atoms with Gasteiger partial charge in [-0.2, -0.15) is 9.97 Å². The zero-order valence-corrected chi connectivity index (χ0v) is 20.5. The van der Waals surface area contributed by atoms with E-state index in [4.69, 9.17) is 9.47 Å². The second-order valence-corrected chi connectivity index (χ2v) is 8.78. The molecule has 0 aliphatic carbocycles.